The third-order valence-electron chi connectivity index (χ3n) is 3.31. The van der Waals surface area contributed by atoms with Crippen molar-refractivity contribution in [2.45, 2.75) is 6.04 Å². The van der Waals surface area contributed by atoms with Crippen molar-refractivity contribution in [3.8, 4) is 11.5 Å². The van der Waals surface area contributed by atoms with E-state index in [2.05, 4.69) is 20.8 Å². The largest absolute Gasteiger partial charge is 0.493 e. The van der Waals surface area contributed by atoms with Crippen molar-refractivity contribution >= 4 is 11.9 Å². The summed E-state index contributed by atoms with van der Waals surface area (Å²) in [6.07, 6.45) is 1.52. The van der Waals surface area contributed by atoms with E-state index >= 15 is 0 Å². The molecule has 0 amide bonds. The normalized spacial score (nSPS) is 16.3. The number of anilines is 1. The van der Waals surface area contributed by atoms with Crippen LogP contribution in [0.4, 0.5) is 5.95 Å². The minimum Gasteiger partial charge on any atom is -0.493 e. The predicted octanol–water partition coefficient (Wildman–Crippen LogP) is 0.674. The molecule has 1 aliphatic rings. The molecule has 114 valence electrons. The Balaban J connectivity index is 2.17. The van der Waals surface area contributed by atoms with E-state index in [1.165, 1.54) is 25.0 Å². The lowest BCUT2D eigenvalue weighted by molar-refractivity contribution is -0.132. The fourth-order valence-electron chi connectivity index (χ4n) is 2.35. The number of fused-ring (bicyclic) bond motifs is 1. The fraction of sp³-hybridized carbons (Fsp3) is 0.231. The maximum absolute atomic E-state index is 11.3. The molecule has 0 saturated heterocycles. The standard InChI is InChI=1S/C13H13N5O4/c1-21-10-5-3-4-7(11(10)22-2)9-6-8(12(19)20)14-13-15-16-17-18(9)13/h3-6,9H,1-2H3,(H,19,20)(H,14,15,17). The van der Waals surface area contributed by atoms with Gasteiger partial charge in [-0.05, 0) is 22.6 Å². The number of para-hydroxylation sites is 1. The summed E-state index contributed by atoms with van der Waals surface area (Å²) >= 11 is 0. The predicted molar refractivity (Wildman–Crippen MR) is 74.8 cm³/mol. The number of carboxylic acid groups (broad SMARTS) is 1. The average molecular weight is 303 g/mol. The molecule has 2 aromatic rings. The van der Waals surface area contributed by atoms with Crippen molar-refractivity contribution in [2.75, 3.05) is 19.5 Å². The Bertz CT molecular complexity index is 755. The first-order valence-corrected chi connectivity index (χ1v) is 6.36. The number of hydrogen-bond acceptors (Lipinski definition) is 7. The molecule has 0 aliphatic carbocycles. The summed E-state index contributed by atoms with van der Waals surface area (Å²) in [6.45, 7) is 0. The zero-order valence-electron chi connectivity index (χ0n) is 11.8. The Morgan fingerprint density at radius 1 is 1.36 bits per heavy atom. The van der Waals surface area contributed by atoms with Crippen LogP contribution < -0.4 is 14.8 Å². The van der Waals surface area contributed by atoms with Gasteiger partial charge in [0.25, 0.3) is 0 Å². The van der Waals surface area contributed by atoms with Gasteiger partial charge in [-0.2, -0.15) is 4.68 Å². The summed E-state index contributed by atoms with van der Waals surface area (Å²) in [4.78, 5) is 11.3. The molecule has 2 N–H and O–H groups in total. The minimum atomic E-state index is -1.10. The summed E-state index contributed by atoms with van der Waals surface area (Å²) in [7, 11) is 3.05. The van der Waals surface area contributed by atoms with Gasteiger partial charge in [0.2, 0.25) is 5.95 Å². The van der Waals surface area contributed by atoms with E-state index in [1.54, 1.807) is 18.2 Å². The van der Waals surface area contributed by atoms with Crippen LogP contribution in [-0.2, 0) is 4.79 Å². The van der Waals surface area contributed by atoms with Crippen LogP contribution in [0.15, 0.2) is 30.0 Å². The van der Waals surface area contributed by atoms with Gasteiger partial charge < -0.3 is 19.9 Å². The van der Waals surface area contributed by atoms with E-state index in [-0.39, 0.29) is 11.6 Å². The fourth-order valence-corrected chi connectivity index (χ4v) is 2.35. The number of nitrogens with one attached hydrogen (secondary N) is 1. The number of aliphatic carboxylic acids is 1. The van der Waals surface area contributed by atoms with Crippen LogP contribution in [0.3, 0.4) is 0 Å². The van der Waals surface area contributed by atoms with Gasteiger partial charge in [0.1, 0.15) is 11.7 Å². The molecule has 1 aromatic carbocycles. The summed E-state index contributed by atoms with van der Waals surface area (Å²) in [5, 5.41) is 23.1. The summed E-state index contributed by atoms with van der Waals surface area (Å²) in [5.41, 5.74) is 0.688. The van der Waals surface area contributed by atoms with Crippen molar-refractivity contribution in [3.05, 3.63) is 35.5 Å². The van der Waals surface area contributed by atoms with Crippen LogP contribution in [0.25, 0.3) is 0 Å². The van der Waals surface area contributed by atoms with E-state index in [1.807, 2.05) is 0 Å². The topological polar surface area (TPSA) is 111 Å². The number of nitrogens with zero attached hydrogens (tertiary/aromatic N) is 4. The van der Waals surface area contributed by atoms with Crippen LogP contribution >= 0.6 is 0 Å². The van der Waals surface area contributed by atoms with Crippen molar-refractivity contribution in [3.63, 3.8) is 0 Å². The second-order valence-electron chi connectivity index (χ2n) is 4.49. The lowest BCUT2D eigenvalue weighted by Crippen LogP contribution is -2.24. The highest BCUT2D eigenvalue weighted by Crippen LogP contribution is 2.38. The summed E-state index contributed by atoms with van der Waals surface area (Å²) in [6, 6.07) is 4.82. The number of benzene rings is 1. The van der Waals surface area contributed by atoms with Gasteiger partial charge in [-0.15, -0.1) is 0 Å². The maximum Gasteiger partial charge on any atom is 0.352 e. The van der Waals surface area contributed by atoms with Crippen molar-refractivity contribution in [2.24, 2.45) is 0 Å². The lowest BCUT2D eigenvalue weighted by atomic mass is 10.0. The van der Waals surface area contributed by atoms with Crippen molar-refractivity contribution in [1.82, 2.24) is 20.2 Å². The number of ether oxygens (including phenoxy) is 2. The molecule has 1 aromatic heterocycles. The molecule has 1 aliphatic heterocycles. The zero-order chi connectivity index (χ0) is 15.7. The maximum atomic E-state index is 11.3. The van der Waals surface area contributed by atoms with E-state index < -0.39 is 12.0 Å². The molecule has 0 spiro atoms. The van der Waals surface area contributed by atoms with Gasteiger partial charge in [0.15, 0.2) is 11.5 Å². The molecule has 0 fully saturated rings. The van der Waals surface area contributed by atoms with E-state index in [4.69, 9.17) is 9.47 Å². The molecule has 2 heterocycles. The Morgan fingerprint density at radius 3 is 2.86 bits per heavy atom. The SMILES string of the molecule is COc1cccc(C2C=C(C(=O)O)Nc3nnnn32)c1OC. The van der Waals surface area contributed by atoms with Gasteiger partial charge in [-0.3, -0.25) is 0 Å². The molecular formula is C13H13N5O4. The van der Waals surface area contributed by atoms with Crippen molar-refractivity contribution < 1.29 is 19.4 Å². The Hall–Kier alpha value is -3.10. The molecule has 3 rings (SSSR count). The number of hydrogen-bond donors (Lipinski definition) is 2. The van der Waals surface area contributed by atoms with E-state index in [9.17, 15) is 9.90 Å². The molecule has 0 radical (unpaired) electrons. The van der Waals surface area contributed by atoms with Gasteiger partial charge in [-0.1, -0.05) is 17.2 Å². The minimum absolute atomic E-state index is 0.00262. The molecule has 1 unspecified atom stereocenters. The number of carbonyl (C=O) groups is 1. The smallest absolute Gasteiger partial charge is 0.352 e. The zero-order valence-corrected chi connectivity index (χ0v) is 11.8. The van der Waals surface area contributed by atoms with Crippen LogP contribution in [-0.4, -0.2) is 45.5 Å². The van der Waals surface area contributed by atoms with E-state index in [0.717, 1.165) is 0 Å². The number of carboxylic acids is 1. The highest BCUT2D eigenvalue weighted by Gasteiger charge is 2.29. The van der Waals surface area contributed by atoms with Crippen LogP contribution in [0.2, 0.25) is 0 Å². The van der Waals surface area contributed by atoms with Crippen LogP contribution in [0.5, 0.6) is 11.5 Å². The number of allylic oxidation sites excluding steroid dienone is 1. The van der Waals surface area contributed by atoms with Gasteiger partial charge >= 0.3 is 5.97 Å². The molecule has 0 saturated carbocycles. The Kier molecular flexibility index (Phi) is 3.37. The average Bonchev–Trinajstić information content (AvgIpc) is 3.01. The van der Waals surface area contributed by atoms with Crippen molar-refractivity contribution in [1.29, 1.82) is 0 Å². The monoisotopic (exact) mass is 303 g/mol. The highest BCUT2D eigenvalue weighted by molar-refractivity contribution is 5.90. The number of aromatic nitrogens is 4. The number of tetrazole rings is 1. The molecule has 22 heavy (non-hydrogen) atoms. The molecule has 9 nitrogen and oxygen atoms in total. The third-order valence-corrected chi connectivity index (χ3v) is 3.31. The summed E-state index contributed by atoms with van der Waals surface area (Å²) < 4.78 is 12.2. The molecule has 1 atom stereocenters. The molecule has 9 heteroatoms. The van der Waals surface area contributed by atoms with Crippen LogP contribution in [0, 0.1) is 0 Å². The quantitative estimate of drug-likeness (QED) is 0.848. The second-order valence-corrected chi connectivity index (χ2v) is 4.49. The molecule has 0 bridgehead atoms. The lowest BCUT2D eigenvalue weighted by Gasteiger charge is -2.23. The van der Waals surface area contributed by atoms with Gasteiger partial charge in [0.05, 0.1) is 14.2 Å². The van der Waals surface area contributed by atoms with Crippen LogP contribution in [0.1, 0.15) is 11.6 Å². The summed E-state index contributed by atoms with van der Waals surface area (Å²) in [5.74, 6) is 0.189. The van der Waals surface area contributed by atoms with Gasteiger partial charge in [0, 0.05) is 5.56 Å². The Morgan fingerprint density at radius 2 is 2.18 bits per heavy atom. The number of methoxy groups -OCH3 is 2. The number of rotatable bonds is 4. The van der Waals surface area contributed by atoms with Gasteiger partial charge in [-0.25, -0.2) is 4.79 Å². The third kappa shape index (κ3) is 2.12. The molecular weight excluding hydrogens is 290 g/mol. The first kappa shape index (κ1) is 13.9. The highest BCUT2D eigenvalue weighted by atomic mass is 16.5. The van der Waals surface area contributed by atoms with E-state index in [0.29, 0.717) is 17.1 Å². The Labute approximate surface area is 125 Å². The first-order valence-electron chi connectivity index (χ1n) is 6.36. The second kappa shape index (κ2) is 5.35. The first-order chi connectivity index (χ1) is 10.7.